The monoisotopic (exact) mass is 390 g/mol. The van der Waals surface area contributed by atoms with E-state index in [1.165, 1.54) is 24.1 Å². The molecule has 1 aromatic carbocycles. The Morgan fingerprint density at radius 1 is 1.03 bits per heavy atom. The Morgan fingerprint density at radius 2 is 1.83 bits per heavy atom. The number of piperazine rings is 1. The number of aryl methyl sites for hydroxylation is 2. The predicted octanol–water partition coefficient (Wildman–Crippen LogP) is 2.64. The van der Waals surface area contributed by atoms with Gasteiger partial charge in [0.25, 0.3) is 0 Å². The minimum atomic E-state index is 0.00130. The van der Waals surface area contributed by atoms with Crippen molar-refractivity contribution in [3.05, 3.63) is 59.5 Å². The number of urea groups is 1. The highest BCUT2D eigenvalue weighted by atomic mass is 16.2. The molecule has 1 aliphatic heterocycles. The van der Waals surface area contributed by atoms with Gasteiger partial charge in [-0.15, -0.1) is 0 Å². The molecule has 1 N–H and O–H groups in total. The van der Waals surface area contributed by atoms with Gasteiger partial charge >= 0.3 is 6.03 Å². The average molecular weight is 390 g/mol. The molecule has 1 aliphatic carbocycles. The Kier molecular flexibility index (Phi) is 4.79. The zero-order valence-electron chi connectivity index (χ0n) is 16.5. The average Bonchev–Trinajstić information content (AvgIpc) is 3.17. The number of aromatic nitrogens is 3. The number of nitrogens with one attached hydrogen (secondary N) is 1. The van der Waals surface area contributed by atoms with Crippen LogP contribution in [0.5, 0.6) is 0 Å². The van der Waals surface area contributed by atoms with E-state index in [4.69, 9.17) is 10.1 Å². The third-order valence-corrected chi connectivity index (χ3v) is 5.95. The molecule has 7 heteroatoms. The van der Waals surface area contributed by atoms with E-state index < -0.39 is 0 Å². The second-order valence-corrected chi connectivity index (χ2v) is 7.79. The number of carbonyl (C=O) groups excluding carboxylic acids is 1. The number of anilines is 1. The molecule has 2 aromatic heterocycles. The van der Waals surface area contributed by atoms with Crippen molar-refractivity contribution in [3.63, 3.8) is 0 Å². The molecule has 3 aromatic rings. The zero-order valence-corrected chi connectivity index (χ0v) is 16.5. The van der Waals surface area contributed by atoms with Gasteiger partial charge in [0.05, 0.1) is 5.69 Å². The Morgan fingerprint density at radius 3 is 2.66 bits per heavy atom. The lowest BCUT2D eigenvalue weighted by Crippen LogP contribution is -2.52. The van der Waals surface area contributed by atoms with Crippen molar-refractivity contribution in [2.24, 2.45) is 0 Å². The smallest absolute Gasteiger partial charge is 0.317 e. The van der Waals surface area contributed by atoms with Crippen LogP contribution in [-0.4, -0.2) is 51.7 Å². The molecule has 3 heterocycles. The molecular weight excluding hydrogens is 364 g/mol. The molecule has 7 nitrogen and oxygen atoms in total. The van der Waals surface area contributed by atoms with E-state index in [0.29, 0.717) is 19.6 Å². The van der Waals surface area contributed by atoms with Gasteiger partial charge in [-0.25, -0.2) is 14.3 Å². The van der Waals surface area contributed by atoms with Gasteiger partial charge in [-0.2, -0.15) is 5.10 Å². The summed E-state index contributed by atoms with van der Waals surface area (Å²) in [6.45, 7) is 3.51. The highest BCUT2D eigenvalue weighted by molar-refractivity contribution is 5.76. The molecule has 0 radical (unpaired) electrons. The van der Waals surface area contributed by atoms with Gasteiger partial charge in [0.15, 0.2) is 5.82 Å². The summed E-state index contributed by atoms with van der Waals surface area (Å²) in [7, 11) is 0. The Hall–Kier alpha value is -3.09. The fourth-order valence-electron chi connectivity index (χ4n) is 4.38. The van der Waals surface area contributed by atoms with Crippen LogP contribution in [0.3, 0.4) is 0 Å². The van der Waals surface area contributed by atoms with Crippen molar-refractivity contribution >= 4 is 17.4 Å². The summed E-state index contributed by atoms with van der Waals surface area (Å²) in [6, 6.07) is 10.0. The van der Waals surface area contributed by atoms with Crippen LogP contribution in [0.1, 0.15) is 29.7 Å². The minimum Gasteiger partial charge on any atom is -0.351 e. The molecule has 0 spiro atoms. The second-order valence-electron chi connectivity index (χ2n) is 7.79. The quantitative estimate of drug-likeness (QED) is 0.747. The molecule has 0 unspecified atom stereocenters. The van der Waals surface area contributed by atoms with Crippen LogP contribution >= 0.6 is 0 Å². The zero-order chi connectivity index (χ0) is 19.6. The fraction of sp³-hybridized carbons (Fsp3) is 0.409. The third-order valence-electron chi connectivity index (χ3n) is 5.95. The number of fused-ring (bicyclic) bond motifs is 3. The van der Waals surface area contributed by atoms with E-state index in [2.05, 4.69) is 10.2 Å². The molecule has 1 saturated heterocycles. The van der Waals surface area contributed by atoms with Crippen LogP contribution < -0.4 is 10.2 Å². The minimum absolute atomic E-state index is 0.00130. The van der Waals surface area contributed by atoms with Gasteiger partial charge < -0.3 is 15.1 Å². The maximum Gasteiger partial charge on any atom is 0.317 e. The number of amides is 2. The van der Waals surface area contributed by atoms with Crippen LogP contribution in [0, 0.1) is 0 Å². The number of rotatable bonds is 3. The number of hydrogen-bond acceptors (Lipinski definition) is 4. The predicted molar refractivity (Wildman–Crippen MR) is 112 cm³/mol. The van der Waals surface area contributed by atoms with E-state index in [1.54, 1.807) is 0 Å². The van der Waals surface area contributed by atoms with Crippen LogP contribution in [0.15, 0.2) is 42.7 Å². The molecule has 0 bridgehead atoms. The molecule has 1 fully saturated rings. The summed E-state index contributed by atoms with van der Waals surface area (Å²) in [5.41, 5.74) is 4.86. The molecule has 0 atom stereocenters. The van der Waals surface area contributed by atoms with Crippen LogP contribution in [0.4, 0.5) is 10.6 Å². The molecule has 150 valence electrons. The summed E-state index contributed by atoms with van der Waals surface area (Å²) in [5.74, 6) is 1.01. The highest BCUT2D eigenvalue weighted by Gasteiger charge is 2.26. The highest BCUT2D eigenvalue weighted by Crippen LogP contribution is 2.30. The van der Waals surface area contributed by atoms with Crippen molar-refractivity contribution in [2.75, 3.05) is 31.1 Å². The number of benzene rings is 1. The number of nitrogens with zero attached hydrogens (tertiary/aromatic N) is 5. The third kappa shape index (κ3) is 3.52. The van der Waals surface area contributed by atoms with E-state index >= 15 is 0 Å². The number of carbonyl (C=O) groups is 1. The first kappa shape index (κ1) is 18.0. The maximum atomic E-state index is 12.5. The number of hydrogen-bond donors (Lipinski definition) is 1. The van der Waals surface area contributed by atoms with E-state index in [9.17, 15) is 4.79 Å². The van der Waals surface area contributed by atoms with Gasteiger partial charge in [0, 0.05) is 50.7 Å². The second kappa shape index (κ2) is 7.73. The first-order valence-corrected chi connectivity index (χ1v) is 10.5. The Balaban J connectivity index is 1.26. The van der Waals surface area contributed by atoms with Crippen molar-refractivity contribution in [1.29, 1.82) is 0 Å². The van der Waals surface area contributed by atoms with Crippen molar-refractivity contribution in [1.82, 2.24) is 24.8 Å². The molecular formula is C22H26N6O. The summed E-state index contributed by atoms with van der Waals surface area (Å²) < 4.78 is 2.00. The normalized spacial score (nSPS) is 16.7. The van der Waals surface area contributed by atoms with Crippen molar-refractivity contribution in [2.45, 2.75) is 32.2 Å². The fourth-order valence-corrected chi connectivity index (χ4v) is 4.38. The lowest BCUT2D eigenvalue weighted by atomic mass is 9.97. The van der Waals surface area contributed by atoms with Crippen molar-refractivity contribution < 1.29 is 4.79 Å². The Bertz CT molecular complexity index is 1010. The topological polar surface area (TPSA) is 65.8 Å². The molecule has 0 saturated carbocycles. The van der Waals surface area contributed by atoms with Crippen molar-refractivity contribution in [3.8, 4) is 0 Å². The van der Waals surface area contributed by atoms with Crippen LogP contribution in [0.25, 0.3) is 5.52 Å². The summed E-state index contributed by atoms with van der Waals surface area (Å²) in [4.78, 5) is 21.4. The summed E-state index contributed by atoms with van der Waals surface area (Å²) in [5, 5.41) is 7.81. The van der Waals surface area contributed by atoms with E-state index in [0.717, 1.165) is 42.8 Å². The SMILES string of the molecule is O=C(NCc1ccccc1)N1CCN(c2nccn3nc4c(c23)CCCC4)CC1. The molecule has 5 rings (SSSR count). The first-order chi connectivity index (χ1) is 14.3. The van der Waals surface area contributed by atoms with Gasteiger partial charge in [-0.05, 0) is 31.2 Å². The largest absolute Gasteiger partial charge is 0.351 e. The molecule has 2 amide bonds. The van der Waals surface area contributed by atoms with Crippen LogP contribution in [-0.2, 0) is 19.4 Å². The summed E-state index contributed by atoms with van der Waals surface area (Å²) in [6.07, 6.45) is 8.36. The van der Waals surface area contributed by atoms with Gasteiger partial charge in [-0.1, -0.05) is 30.3 Å². The lowest BCUT2D eigenvalue weighted by molar-refractivity contribution is 0.194. The first-order valence-electron chi connectivity index (χ1n) is 10.5. The molecule has 29 heavy (non-hydrogen) atoms. The van der Waals surface area contributed by atoms with E-state index in [-0.39, 0.29) is 6.03 Å². The standard InChI is InChI=1S/C22H26N6O/c29-22(24-16-17-6-2-1-3-7-17)27-14-12-26(13-15-27)21-20-18-8-4-5-9-19(18)25-28(20)11-10-23-21/h1-3,6-7,10-11H,4-5,8-9,12-16H2,(H,24,29). The van der Waals surface area contributed by atoms with Gasteiger partial charge in [0.2, 0.25) is 0 Å². The van der Waals surface area contributed by atoms with E-state index in [1.807, 2.05) is 52.1 Å². The van der Waals surface area contributed by atoms with Crippen LogP contribution in [0.2, 0.25) is 0 Å². The molecule has 2 aliphatic rings. The summed E-state index contributed by atoms with van der Waals surface area (Å²) >= 11 is 0. The Labute approximate surface area is 170 Å². The van der Waals surface area contributed by atoms with Gasteiger partial charge in [0.1, 0.15) is 5.52 Å². The lowest BCUT2D eigenvalue weighted by Gasteiger charge is -2.35. The van der Waals surface area contributed by atoms with Gasteiger partial charge in [-0.3, -0.25) is 0 Å². The maximum absolute atomic E-state index is 12.5.